The van der Waals surface area contributed by atoms with Crippen LogP contribution in [-0.4, -0.2) is 37.7 Å². The minimum Gasteiger partial charge on any atom is -0.489 e. The molecule has 1 aliphatic rings. The molecule has 1 atom stereocenters. The molecular formula is C15H23Cl3N2O. The van der Waals surface area contributed by atoms with E-state index in [1.807, 2.05) is 6.07 Å². The van der Waals surface area contributed by atoms with Crippen LogP contribution in [0.2, 0.25) is 10.0 Å². The summed E-state index contributed by atoms with van der Waals surface area (Å²) >= 11 is 12.2. The molecule has 1 aromatic rings. The van der Waals surface area contributed by atoms with Crippen LogP contribution < -0.4 is 10.5 Å². The predicted molar refractivity (Wildman–Crippen MR) is 92.0 cm³/mol. The van der Waals surface area contributed by atoms with Crippen LogP contribution in [0, 0.1) is 5.92 Å². The molecule has 21 heavy (non-hydrogen) atoms. The Kier molecular flexibility index (Phi) is 8.76. The maximum atomic E-state index is 6.08. The molecule has 0 radical (unpaired) electrons. The van der Waals surface area contributed by atoms with E-state index in [1.165, 1.54) is 12.8 Å². The number of piperidine rings is 1. The third-order valence-electron chi connectivity index (χ3n) is 3.75. The fourth-order valence-electron chi connectivity index (χ4n) is 2.72. The van der Waals surface area contributed by atoms with E-state index in [4.69, 9.17) is 33.7 Å². The second-order valence-corrected chi connectivity index (χ2v) is 6.10. The van der Waals surface area contributed by atoms with E-state index < -0.39 is 0 Å². The van der Waals surface area contributed by atoms with Gasteiger partial charge in [0.25, 0.3) is 0 Å². The second kappa shape index (κ2) is 9.75. The van der Waals surface area contributed by atoms with Gasteiger partial charge in [0.05, 0.1) is 10.0 Å². The number of nitrogens with two attached hydrogens (primary N) is 1. The maximum Gasteiger partial charge on any atom is 0.156 e. The van der Waals surface area contributed by atoms with Crippen LogP contribution in [0.4, 0.5) is 0 Å². The maximum absolute atomic E-state index is 6.08. The molecule has 2 rings (SSSR count). The first-order valence-corrected chi connectivity index (χ1v) is 7.95. The van der Waals surface area contributed by atoms with Gasteiger partial charge in [-0.15, -0.1) is 12.4 Å². The highest BCUT2D eigenvalue weighted by Gasteiger charge is 2.19. The van der Waals surface area contributed by atoms with E-state index in [1.54, 1.807) is 12.1 Å². The summed E-state index contributed by atoms with van der Waals surface area (Å²) < 4.78 is 5.74. The molecule has 6 heteroatoms. The van der Waals surface area contributed by atoms with E-state index in [2.05, 4.69) is 4.90 Å². The van der Waals surface area contributed by atoms with Gasteiger partial charge in [-0.05, 0) is 50.4 Å². The average molecular weight is 354 g/mol. The summed E-state index contributed by atoms with van der Waals surface area (Å²) in [5.74, 6) is 1.32. The van der Waals surface area contributed by atoms with E-state index in [9.17, 15) is 0 Å². The van der Waals surface area contributed by atoms with Gasteiger partial charge in [0.2, 0.25) is 0 Å². The second-order valence-electron chi connectivity index (χ2n) is 5.29. The zero-order valence-electron chi connectivity index (χ0n) is 12.1. The van der Waals surface area contributed by atoms with E-state index >= 15 is 0 Å². The molecule has 3 nitrogen and oxygen atoms in total. The molecule has 0 spiro atoms. The number of ether oxygens (including phenoxy) is 1. The van der Waals surface area contributed by atoms with Crippen molar-refractivity contribution in [2.45, 2.75) is 19.3 Å². The minimum absolute atomic E-state index is 0. The minimum atomic E-state index is 0. The smallest absolute Gasteiger partial charge is 0.156 e. The Hall–Kier alpha value is -0.190. The number of hydrogen-bond acceptors (Lipinski definition) is 3. The quantitative estimate of drug-likeness (QED) is 0.844. The Morgan fingerprint density at radius 2 is 2.00 bits per heavy atom. The van der Waals surface area contributed by atoms with Crippen molar-refractivity contribution < 1.29 is 4.74 Å². The number of nitrogens with zero attached hydrogens (tertiary/aromatic N) is 1. The van der Waals surface area contributed by atoms with Crippen LogP contribution in [0.3, 0.4) is 0 Å². The molecule has 0 aliphatic carbocycles. The number of likely N-dealkylation sites (tertiary alicyclic amines) is 1. The SMILES string of the molecule is Cl.NCCC1CCCN(CCOc2c(Cl)cccc2Cl)C1. The van der Waals surface area contributed by atoms with Gasteiger partial charge >= 0.3 is 0 Å². The molecule has 0 aromatic heterocycles. The highest BCUT2D eigenvalue weighted by atomic mass is 35.5. The Morgan fingerprint density at radius 3 is 2.67 bits per heavy atom. The Balaban J connectivity index is 0.00000220. The molecule has 1 saturated heterocycles. The lowest BCUT2D eigenvalue weighted by atomic mass is 9.95. The van der Waals surface area contributed by atoms with Crippen molar-refractivity contribution in [2.24, 2.45) is 11.7 Å². The molecule has 1 aromatic carbocycles. The Labute approximate surface area is 143 Å². The highest BCUT2D eigenvalue weighted by molar-refractivity contribution is 6.37. The van der Waals surface area contributed by atoms with Gasteiger partial charge in [0, 0.05) is 13.1 Å². The van der Waals surface area contributed by atoms with E-state index in [0.29, 0.717) is 22.4 Å². The van der Waals surface area contributed by atoms with Crippen molar-refractivity contribution in [3.05, 3.63) is 28.2 Å². The zero-order valence-corrected chi connectivity index (χ0v) is 14.4. The summed E-state index contributed by atoms with van der Waals surface area (Å²) in [5, 5.41) is 1.13. The summed E-state index contributed by atoms with van der Waals surface area (Å²) in [6, 6.07) is 5.40. The van der Waals surface area contributed by atoms with Crippen molar-refractivity contribution in [1.29, 1.82) is 0 Å². The van der Waals surface area contributed by atoms with Crippen molar-refractivity contribution in [1.82, 2.24) is 4.90 Å². The molecule has 1 fully saturated rings. The van der Waals surface area contributed by atoms with Gasteiger partial charge in [-0.25, -0.2) is 0 Å². The fraction of sp³-hybridized carbons (Fsp3) is 0.600. The fourth-order valence-corrected chi connectivity index (χ4v) is 3.23. The molecule has 2 N–H and O–H groups in total. The van der Waals surface area contributed by atoms with Gasteiger partial charge in [0.1, 0.15) is 6.61 Å². The number of benzene rings is 1. The van der Waals surface area contributed by atoms with Crippen LogP contribution in [0.15, 0.2) is 18.2 Å². The first kappa shape index (κ1) is 18.9. The van der Waals surface area contributed by atoms with Gasteiger partial charge in [-0.1, -0.05) is 29.3 Å². The normalized spacial score (nSPS) is 19.1. The molecule has 0 bridgehead atoms. The molecule has 1 aliphatic heterocycles. The largest absolute Gasteiger partial charge is 0.489 e. The van der Waals surface area contributed by atoms with Crippen molar-refractivity contribution in [2.75, 3.05) is 32.8 Å². The number of halogens is 3. The molecule has 120 valence electrons. The third-order valence-corrected chi connectivity index (χ3v) is 4.35. The topological polar surface area (TPSA) is 38.5 Å². The van der Waals surface area contributed by atoms with E-state index in [-0.39, 0.29) is 12.4 Å². The van der Waals surface area contributed by atoms with E-state index in [0.717, 1.165) is 38.5 Å². The van der Waals surface area contributed by atoms with Crippen LogP contribution >= 0.6 is 35.6 Å². The van der Waals surface area contributed by atoms with Gasteiger partial charge < -0.3 is 10.5 Å². The Bertz CT molecular complexity index is 409. The Morgan fingerprint density at radius 1 is 1.29 bits per heavy atom. The first-order chi connectivity index (χ1) is 9.70. The van der Waals surface area contributed by atoms with Gasteiger partial charge in [-0.3, -0.25) is 4.90 Å². The van der Waals surface area contributed by atoms with Gasteiger partial charge in [-0.2, -0.15) is 0 Å². The number of rotatable bonds is 6. The summed E-state index contributed by atoms with van der Waals surface area (Å²) in [4.78, 5) is 2.44. The van der Waals surface area contributed by atoms with Crippen LogP contribution in [0.25, 0.3) is 0 Å². The summed E-state index contributed by atoms with van der Waals surface area (Å²) in [7, 11) is 0. The van der Waals surface area contributed by atoms with Crippen LogP contribution in [0.1, 0.15) is 19.3 Å². The molecule has 0 saturated carbocycles. The van der Waals surface area contributed by atoms with Crippen LogP contribution in [0.5, 0.6) is 5.75 Å². The highest BCUT2D eigenvalue weighted by Crippen LogP contribution is 2.32. The predicted octanol–water partition coefficient (Wildman–Crippen LogP) is 3.85. The first-order valence-electron chi connectivity index (χ1n) is 7.20. The summed E-state index contributed by atoms with van der Waals surface area (Å²) in [6.07, 6.45) is 3.66. The number of hydrogen-bond donors (Lipinski definition) is 1. The standard InChI is InChI=1S/C15H22Cl2N2O.ClH/c16-13-4-1-5-14(17)15(13)20-10-9-19-8-2-3-12(11-19)6-7-18;/h1,4-5,12H,2-3,6-11,18H2;1H. The molecule has 1 unspecified atom stereocenters. The number of para-hydroxylation sites is 1. The molecule has 1 heterocycles. The molecular weight excluding hydrogens is 331 g/mol. The lowest BCUT2D eigenvalue weighted by Gasteiger charge is -2.32. The van der Waals surface area contributed by atoms with Crippen LogP contribution in [-0.2, 0) is 0 Å². The summed E-state index contributed by atoms with van der Waals surface area (Å²) in [5.41, 5.74) is 5.64. The van der Waals surface area contributed by atoms with Gasteiger partial charge in [0.15, 0.2) is 5.75 Å². The lowest BCUT2D eigenvalue weighted by molar-refractivity contribution is 0.144. The van der Waals surface area contributed by atoms with Crippen molar-refractivity contribution in [3.8, 4) is 5.75 Å². The average Bonchev–Trinajstić information content (AvgIpc) is 2.43. The third kappa shape index (κ3) is 5.84. The molecule has 0 amide bonds. The lowest BCUT2D eigenvalue weighted by Crippen LogP contribution is -2.38. The monoisotopic (exact) mass is 352 g/mol. The zero-order chi connectivity index (χ0) is 14.4. The summed E-state index contributed by atoms with van der Waals surface area (Å²) in [6.45, 7) is 4.56. The van der Waals surface area contributed by atoms with Crippen molar-refractivity contribution >= 4 is 35.6 Å². The van der Waals surface area contributed by atoms with Crippen molar-refractivity contribution in [3.63, 3.8) is 0 Å².